The summed E-state index contributed by atoms with van der Waals surface area (Å²) in [5.74, 6) is 0. The molecule has 1 aromatic rings. The summed E-state index contributed by atoms with van der Waals surface area (Å²) in [5.41, 5.74) is 3.04. The summed E-state index contributed by atoms with van der Waals surface area (Å²) in [6.07, 6.45) is 3.30. The van der Waals surface area contributed by atoms with Crippen molar-refractivity contribution in [3.8, 4) is 0 Å². The van der Waals surface area contributed by atoms with Crippen LogP contribution < -0.4 is 0 Å². The van der Waals surface area contributed by atoms with Crippen molar-refractivity contribution in [2.24, 2.45) is 0 Å². The van der Waals surface area contributed by atoms with E-state index in [1.165, 1.54) is 28.4 Å². The summed E-state index contributed by atoms with van der Waals surface area (Å²) in [6, 6.07) is 7.92. The van der Waals surface area contributed by atoms with Gasteiger partial charge in [-0.2, -0.15) is 0 Å². The summed E-state index contributed by atoms with van der Waals surface area (Å²) in [7, 11) is 0. The predicted molar refractivity (Wildman–Crippen MR) is 82.8 cm³/mol. The third kappa shape index (κ3) is 2.23. The molecule has 3 atom stereocenters. The first-order valence-electron chi connectivity index (χ1n) is 7.65. The standard InChI is InChI=1S/C16H21BrN2O/c17-12-2-3-15-11(7-12)1-4-16(15)19-6-5-18-10-14(20)8-13(18)9-19/h2-3,7,13-14,16,20H,1,4-6,8-10H2/t13-,14+,16-/m0/s1. The maximum atomic E-state index is 9.83. The van der Waals surface area contributed by atoms with Gasteiger partial charge in [-0.15, -0.1) is 0 Å². The molecule has 2 saturated heterocycles. The Labute approximate surface area is 128 Å². The fraction of sp³-hybridized carbons (Fsp3) is 0.625. The smallest absolute Gasteiger partial charge is 0.0682 e. The second kappa shape index (κ2) is 5.09. The Balaban J connectivity index is 1.53. The SMILES string of the molecule is O[C@@H]1C[C@H]2CN([C@H]3CCc4cc(Br)ccc43)CCN2C1. The zero-order valence-corrected chi connectivity index (χ0v) is 13.2. The highest BCUT2D eigenvalue weighted by atomic mass is 79.9. The number of halogens is 1. The number of nitrogens with zero attached hydrogens (tertiary/aromatic N) is 2. The molecule has 2 heterocycles. The number of hydrogen-bond acceptors (Lipinski definition) is 3. The van der Waals surface area contributed by atoms with E-state index in [0.29, 0.717) is 12.1 Å². The molecule has 1 aromatic carbocycles. The van der Waals surface area contributed by atoms with Crippen LogP contribution in [0.1, 0.15) is 30.0 Å². The van der Waals surface area contributed by atoms with Crippen molar-refractivity contribution in [1.29, 1.82) is 0 Å². The Hall–Kier alpha value is -0.420. The summed E-state index contributed by atoms with van der Waals surface area (Å²) in [4.78, 5) is 5.12. The average Bonchev–Trinajstić information content (AvgIpc) is 2.99. The molecule has 108 valence electrons. The average molecular weight is 337 g/mol. The molecular formula is C16H21BrN2O. The minimum Gasteiger partial charge on any atom is -0.392 e. The molecule has 0 spiro atoms. The van der Waals surface area contributed by atoms with Gasteiger partial charge in [-0.1, -0.05) is 22.0 Å². The Morgan fingerprint density at radius 3 is 2.90 bits per heavy atom. The second-order valence-corrected chi connectivity index (χ2v) is 7.35. The van der Waals surface area contributed by atoms with E-state index in [4.69, 9.17) is 0 Å². The van der Waals surface area contributed by atoms with Gasteiger partial charge < -0.3 is 5.11 Å². The third-order valence-corrected chi connectivity index (χ3v) is 5.71. The van der Waals surface area contributed by atoms with Gasteiger partial charge in [0.15, 0.2) is 0 Å². The zero-order chi connectivity index (χ0) is 13.7. The van der Waals surface area contributed by atoms with Crippen molar-refractivity contribution in [3.05, 3.63) is 33.8 Å². The Morgan fingerprint density at radius 1 is 1.15 bits per heavy atom. The van der Waals surface area contributed by atoms with Crippen LogP contribution in [0.15, 0.2) is 22.7 Å². The van der Waals surface area contributed by atoms with Gasteiger partial charge in [0, 0.05) is 42.7 Å². The second-order valence-electron chi connectivity index (χ2n) is 6.43. The molecule has 20 heavy (non-hydrogen) atoms. The van der Waals surface area contributed by atoms with Crippen molar-refractivity contribution in [3.63, 3.8) is 0 Å². The van der Waals surface area contributed by atoms with Gasteiger partial charge in [-0.3, -0.25) is 9.80 Å². The number of fused-ring (bicyclic) bond motifs is 2. The molecule has 3 nitrogen and oxygen atoms in total. The number of piperazine rings is 1. The molecule has 0 bridgehead atoms. The number of aliphatic hydroxyl groups excluding tert-OH is 1. The lowest BCUT2D eigenvalue weighted by molar-refractivity contribution is 0.0705. The number of benzene rings is 1. The molecule has 3 aliphatic rings. The van der Waals surface area contributed by atoms with Crippen LogP contribution in [0.3, 0.4) is 0 Å². The van der Waals surface area contributed by atoms with Gasteiger partial charge >= 0.3 is 0 Å². The van der Waals surface area contributed by atoms with Crippen molar-refractivity contribution >= 4 is 15.9 Å². The number of hydrogen-bond donors (Lipinski definition) is 1. The minimum absolute atomic E-state index is 0.105. The first-order chi connectivity index (χ1) is 9.70. The minimum atomic E-state index is -0.105. The maximum absolute atomic E-state index is 9.83. The van der Waals surface area contributed by atoms with Gasteiger partial charge in [0.1, 0.15) is 0 Å². The van der Waals surface area contributed by atoms with Gasteiger partial charge in [-0.25, -0.2) is 0 Å². The number of aliphatic hydroxyl groups is 1. The number of aryl methyl sites for hydroxylation is 1. The van der Waals surface area contributed by atoms with Gasteiger partial charge in [0.2, 0.25) is 0 Å². The normalized spacial score (nSPS) is 34.2. The summed E-state index contributed by atoms with van der Waals surface area (Å²) < 4.78 is 1.20. The molecular weight excluding hydrogens is 316 g/mol. The van der Waals surface area contributed by atoms with E-state index >= 15 is 0 Å². The maximum Gasteiger partial charge on any atom is 0.0682 e. The van der Waals surface area contributed by atoms with Crippen molar-refractivity contribution < 1.29 is 5.11 Å². The Kier molecular flexibility index (Phi) is 3.38. The van der Waals surface area contributed by atoms with Crippen LogP contribution in [-0.2, 0) is 6.42 Å². The number of rotatable bonds is 1. The Morgan fingerprint density at radius 2 is 2.00 bits per heavy atom. The van der Waals surface area contributed by atoms with E-state index < -0.39 is 0 Å². The van der Waals surface area contributed by atoms with Crippen LogP contribution in [0, 0.1) is 0 Å². The molecule has 2 fully saturated rings. The van der Waals surface area contributed by atoms with Crippen LogP contribution >= 0.6 is 15.9 Å². The summed E-state index contributed by atoms with van der Waals surface area (Å²) >= 11 is 3.58. The van der Waals surface area contributed by atoms with E-state index in [2.05, 4.69) is 43.9 Å². The Bertz CT molecular complexity index is 521. The molecule has 0 aromatic heterocycles. The zero-order valence-electron chi connectivity index (χ0n) is 11.6. The highest BCUT2D eigenvalue weighted by molar-refractivity contribution is 9.10. The van der Waals surface area contributed by atoms with Crippen LogP contribution in [0.25, 0.3) is 0 Å². The lowest BCUT2D eigenvalue weighted by Crippen LogP contribution is -2.50. The topological polar surface area (TPSA) is 26.7 Å². The van der Waals surface area contributed by atoms with E-state index in [9.17, 15) is 5.11 Å². The highest BCUT2D eigenvalue weighted by Crippen LogP contribution is 2.38. The summed E-state index contributed by atoms with van der Waals surface area (Å²) in [5, 5.41) is 9.83. The van der Waals surface area contributed by atoms with Crippen molar-refractivity contribution in [2.75, 3.05) is 26.2 Å². The van der Waals surface area contributed by atoms with Crippen LogP contribution in [0.2, 0.25) is 0 Å². The van der Waals surface area contributed by atoms with Crippen LogP contribution in [0.5, 0.6) is 0 Å². The highest BCUT2D eigenvalue weighted by Gasteiger charge is 2.38. The van der Waals surface area contributed by atoms with E-state index in [-0.39, 0.29) is 6.10 Å². The molecule has 1 N–H and O–H groups in total. The lowest BCUT2D eigenvalue weighted by Gasteiger charge is -2.40. The fourth-order valence-electron chi connectivity index (χ4n) is 4.27. The van der Waals surface area contributed by atoms with E-state index in [1.54, 1.807) is 0 Å². The van der Waals surface area contributed by atoms with Crippen molar-refractivity contribution in [2.45, 2.75) is 37.5 Å². The molecule has 4 heteroatoms. The largest absolute Gasteiger partial charge is 0.392 e. The van der Waals surface area contributed by atoms with Crippen LogP contribution in [-0.4, -0.2) is 53.2 Å². The fourth-order valence-corrected chi connectivity index (χ4v) is 4.67. The van der Waals surface area contributed by atoms with Gasteiger partial charge in [-0.05, 0) is 42.5 Å². The quantitative estimate of drug-likeness (QED) is 0.851. The molecule has 0 unspecified atom stereocenters. The predicted octanol–water partition coefficient (Wildman–Crippen LogP) is 2.19. The molecule has 0 radical (unpaired) electrons. The lowest BCUT2D eigenvalue weighted by atomic mass is 10.0. The third-order valence-electron chi connectivity index (χ3n) is 5.22. The van der Waals surface area contributed by atoms with Crippen LogP contribution in [0.4, 0.5) is 0 Å². The first kappa shape index (κ1) is 13.3. The van der Waals surface area contributed by atoms with Gasteiger partial charge in [0.05, 0.1) is 6.10 Å². The molecule has 0 saturated carbocycles. The molecule has 1 aliphatic carbocycles. The summed E-state index contributed by atoms with van der Waals surface area (Å²) in [6.45, 7) is 4.26. The van der Waals surface area contributed by atoms with Crippen molar-refractivity contribution in [1.82, 2.24) is 9.80 Å². The van der Waals surface area contributed by atoms with E-state index in [0.717, 1.165) is 32.6 Å². The monoisotopic (exact) mass is 336 g/mol. The first-order valence-corrected chi connectivity index (χ1v) is 8.44. The molecule has 2 aliphatic heterocycles. The molecule has 0 amide bonds. The molecule has 4 rings (SSSR count). The van der Waals surface area contributed by atoms with Gasteiger partial charge in [0.25, 0.3) is 0 Å². The van der Waals surface area contributed by atoms with E-state index in [1.807, 2.05) is 0 Å².